The molecule has 7 heteroatoms. The Kier molecular flexibility index (Phi) is 3.69. The van der Waals surface area contributed by atoms with Crippen LogP contribution in [0.1, 0.15) is 13.8 Å². The zero-order valence-electron chi connectivity index (χ0n) is 11.3. The van der Waals surface area contributed by atoms with Crippen LogP contribution in [0.3, 0.4) is 0 Å². The van der Waals surface area contributed by atoms with Crippen LogP contribution >= 0.6 is 0 Å². The normalized spacial score (nSPS) is 18.8. The molecule has 1 aromatic rings. The molecule has 0 unspecified atom stereocenters. The Morgan fingerprint density at radius 2 is 1.65 bits per heavy atom. The molecule has 7 nitrogen and oxygen atoms in total. The summed E-state index contributed by atoms with van der Waals surface area (Å²) in [6.07, 6.45) is 0. The van der Waals surface area contributed by atoms with E-state index in [0.29, 0.717) is 11.4 Å². The van der Waals surface area contributed by atoms with Gasteiger partial charge in [0, 0.05) is 13.8 Å². The van der Waals surface area contributed by atoms with E-state index in [1.165, 1.54) is 13.8 Å². The molecule has 0 aromatic heterocycles. The number of hydrogen-bond acceptors (Lipinski definition) is 7. The summed E-state index contributed by atoms with van der Waals surface area (Å²) in [5.74, 6) is -2.14. The third-order valence-electron chi connectivity index (χ3n) is 2.50. The first-order valence-electron chi connectivity index (χ1n) is 5.92. The summed E-state index contributed by atoms with van der Waals surface area (Å²) in [6, 6.07) is 5.28. The molecule has 0 bridgehead atoms. The van der Waals surface area contributed by atoms with Crippen molar-refractivity contribution in [1.82, 2.24) is 0 Å². The molecule has 0 aliphatic carbocycles. The first kappa shape index (κ1) is 14.0. The molecule has 1 aromatic carbocycles. The van der Waals surface area contributed by atoms with Crippen molar-refractivity contribution in [3.05, 3.63) is 24.3 Å². The predicted octanol–water partition coefficient (Wildman–Crippen LogP) is 1.98. The van der Waals surface area contributed by atoms with Gasteiger partial charge in [0.15, 0.2) is 0 Å². The van der Waals surface area contributed by atoms with E-state index >= 15 is 0 Å². The van der Waals surface area contributed by atoms with Gasteiger partial charge in [-0.15, -0.1) is 0 Å². The average Bonchev–Trinajstić information content (AvgIpc) is 2.37. The standard InChI is InChI=1S/C13H14N2O5/c1-13(2)19-11(16)10(12(17)20-13)15-14-8-4-6-9(18-3)7-5-8/h4-7,10H,1-3H3. The summed E-state index contributed by atoms with van der Waals surface area (Å²) >= 11 is 0. The number of benzene rings is 1. The van der Waals surface area contributed by atoms with Crippen molar-refractivity contribution >= 4 is 17.6 Å². The fourth-order valence-electron chi connectivity index (χ4n) is 1.58. The lowest BCUT2D eigenvalue weighted by molar-refractivity contribution is -0.234. The van der Waals surface area contributed by atoms with Gasteiger partial charge in [-0.3, -0.25) is 0 Å². The summed E-state index contributed by atoms with van der Waals surface area (Å²) < 4.78 is 14.9. The Bertz CT molecular complexity index is 530. The van der Waals surface area contributed by atoms with Crippen LogP contribution < -0.4 is 4.74 Å². The molecule has 1 aliphatic heterocycles. The summed E-state index contributed by atoms with van der Waals surface area (Å²) in [6.45, 7) is 2.94. The average molecular weight is 278 g/mol. The number of carbonyl (C=O) groups excluding carboxylic acids is 2. The Labute approximate surface area is 115 Å². The first-order valence-corrected chi connectivity index (χ1v) is 5.92. The minimum absolute atomic E-state index is 0.483. The van der Waals surface area contributed by atoms with Gasteiger partial charge in [0.25, 0.3) is 11.8 Å². The number of rotatable bonds is 3. The maximum Gasteiger partial charge on any atom is 0.347 e. The summed E-state index contributed by atoms with van der Waals surface area (Å²) in [4.78, 5) is 23.3. The molecule has 1 heterocycles. The van der Waals surface area contributed by atoms with Crippen molar-refractivity contribution < 1.29 is 23.8 Å². The second-order valence-corrected chi connectivity index (χ2v) is 4.56. The van der Waals surface area contributed by atoms with Crippen LogP contribution in [0, 0.1) is 0 Å². The number of methoxy groups -OCH3 is 1. The SMILES string of the molecule is COc1ccc(N=NC2C(=O)OC(C)(C)OC2=O)cc1. The number of hydrogen-bond donors (Lipinski definition) is 0. The third kappa shape index (κ3) is 3.11. The molecule has 1 aliphatic rings. The lowest BCUT2D eigenvalue weighted by Crippen LogP contribution is -2.48. The van der Waals surface area contributed by atoms with Crippen molar-refractivity contribution in [1.29, 1.82) is 0 Å². The lowest BCUT2D eigenvalue weighted by Gasteiger charge is -2.30. The molecular formula is C13H14N2O5. The number of cyclic esters (lactones) is 2. The molecule has 1 fully saturated rings. The summed E-state index contributed by atoms with van der Waals surface area (Å²) in [7, 11) is 1.55. The Morgan fingerprint density at radius 1 is 1.10 bits per heavy atom. The van der Waals surface area contributed by atoms with Crippen LogP contribution in [-0.4, -0.2) is 30.9 Å². The highest BCUT2D eigenvalue weighted by Crippen LogP contribution is 2.23. The van der Waals surface area contributed by atoms with Gasteiger partial charge in [-0.2, -0.15) is 10.2 Å². The zero-order valence-corrected chi connectivity index (χ0v) is 11.3. The van der Waals surface area contributed by atoms with Gasteiger partial charge in [0.2, 0.25) is 0 Å². The van der Waals surface area contributed by atoms with Crippen LogP contribution in [0.4, 0.5) is 5.69 Å². The van der Waals surface area contributed by atoms with Gasteiger partial charge in [0.1, 0.15) is 5.75 Å². The van der Waals surface area contributed by atoms with E-state index in [1.54, 1.807) is 31.4 Å². The number of azo groups is 1. The van der Waals surface area contributed by atoms with Gasteiger partial charge in [-0.1, -0.05) is 0 Å². The van der Waals surface area contributed by atoms with Gasteiger partial charge in [-0.05, 0) is 24.3 Å². The van der Waals surface area contributed by atoms with Crippen LogP contribution in [0.15, 0.2) is 34.5 Å². The smallest absolute Gasteiger partial charge is 0.347 e. The molecule has 0 spiro atoms. The van der Waals surface area contributed by atoms with E-state index in [9.17, 15) is 9.59 Å². The first-order chi connectivity index (χ1) is 9.41. The molecule has 0 N–H and O–H groups in total. The van der Waals surface area contributed by atoms with Gasteiger partial charge >= 0.3 is 11.9 Å². The van der Waals surface area contributed by atoms with Crippen LogP contribution in [0.2, 0.25) is 0 Å². The second-order valence-electron chi connectivity index (χ2n) is 4.56. The molecule has 0 amide bonds. The van der Waals surface area contributed by atoms with Crippen molar-refractivity contribution in [2.24, 2.45) is 10.2 Å². The van der Waals surface area contributed by atoms with Crippen molar-refractivity contribution in [2.45, 2.75) is 25.7 Å². The Morgan fingerprint density at radius 3 is 2.15 bits per heavy atom. The van der Waals surface area contributed by atoms with Crippen LogP contribution in [0.5, 0.6) is 5.75 Å². The highest BCUT2D eigenvalue weighted by Gasteiger charge is 2.43. The maximum absolute atomic E-state index is 11.6. The quantitative estimate of drug-likeness (QED) is 0.479. The topological polar surface area (TPSA) is 86.6 Å². The largest absolute Gasteiger partial charge is 0.497 e. The molecule has 106 valence electrons. The summed E-state index contributed by atoms with van der Waals surface area (Å²) in [5.41, 5.74) is 0.483. The van der Waals surface area contributed by atoms with Gasteiger partial charge in [-0.25, -0.2) is 9.59 Å². The van der Waals surface area contributed by atoms with E-state index in [4.69, 9.17) is 14.2 Å². The molecule has 2 rings (SSSR count). The Balaban J connectivity index is 2.10. The van der Waals surface area contributed by atoms with Crippen LogP contribution in [-0.2, 0) is 19.1 Å². The number of nitrogens with zero attached hydrogens (tertiary/aromatic N) is 2. The highest BCUT2D eigenvalue weighted by molar-refractivity contribution is 6.01. The maximum atomic E-state index is 11.6. The zero-order chi connectivity index (χ0) is 14.8. The fourth-order valence-corrected chi connectivity index (χ4v) is 1.58. The van der Waals surface area contributed by atoms with Crippen LogP contribution in [0.25, 0.3) is 0 Å². The number of ether oxygens (including phenoxy) is 3. The Hall–Kier alpha value is -2.44. The second kappa shape index (κ2) is 5.28. The van der Waals surface area contributed by atoms with E-state index in [0.717, 1.165) is 0 Å². The minimum atomic E-state index is -1.38. The van der Waals surface area contributed by atoms with Crippen molar-refractivity contribution in [3.63, 3.8) is 0 Å². The van der Waals surface area contributed by atoms with Gasteiger partial charge in [0.05, 0.1) is 12.8 Å². The molecule has 0 saturated carbocycles. The highest BCUT2D eigenvalue weighted by atomic mass is 16.7. The number of esters is 2. The monoisotopic (exact) mass is 278 g/mol. The molecule has 0 atom stereocenters. The van der Waals surface area contributed by atoms with E-state index in [1.807, 2.05) is 0 Å². The van der Waals surface area contributed by atoms with Gasteiger partial charge < -0.3 is 14.2 Å². The molecular weight excluding hydrogens is 264 g/mol. The van der Waals surface area contributed by atoms with Crippen molar-refractivity contribution in [3.8, 4) is 5.75 Å². The third-order valence-corrected chi connectivity index (χ3v) is 2.50. The molecule has 1 saturated heterocycles. The molecule has 0 radical (unpaired) electrons. The summed E-state index contributed by atoms with van der Waals surface area (Å²) in [5, 5.41) is 7.49. The fraction of sp³-hybridized carbons (Fsp3) is 0.385. The van der Waals surface area contributed by atoms with E-state index < -0.39 is 23.8 Å². The van der Waals surface area contributed by atoms with E-state index in [-0.39, 0.29) is 0 Å². The van der Waals surface area contributed by atoms with E-state index in [2.05, 4.69) is 10.2 Å². The molecule has 20 heavy (non-hydrogen) atoms. The van der Waals surface area contributed by atoms with Crippen molar-refractivity contribution in [2.75, 3.05) is 7.11 Å². The number of carbonyl (C=O) groups is 2. The predicted molar refractivity (Wildman–Crippen MR) is 67.6 cm³/mol. The minimum Gasteiger partial charge on any atom is -0.497 e. The lowest BCUT2D eigenvalue weighted by atomic mass is 10.2.